The molecule has 0 aliphatic heterocycles. The highest BCUT2D eigenvalue weighted by Crippen LogP contribution is 2.38. The molecule has 1 heterocycles. The van der Waals surface area contributed by atoms with Gasteiger partial charge in [0.05, 0.1) is 0 Å². The van der Waals surface area contributed by atoms with Crippen molar-refractivity contribution in [3.63, 3.8) is 0 Å². The molecule has 0 atom stereocenters. The second-order valence-electron chi connectivity index (χ2n) is 5.98. The van der Waals surface area contributed by atoms with Crippen LogP contribution >= 0.6 is 22.6 Å². The molecule has 0 aliphatic rings. The van der Waals surface area contributed by atoms with E-state index in [4.69, 9.17) is 0 Å². The average Bonchev–Trinajstić information content (AvgIpc) is 2.67. The highest BCUT2D eigenvalue weighted by molar-refractivity contribution is 14.1. The van der Waals surface area contributed by atoms with E-state index in [-0.39, 0.29) is 11.8 Å². The number of anilines is 4. The Morgan fingerprint density at radius 2 is 1.39 bits per heavy atom. The topological polar surface area (TPSA) is 32.3 Å². The van der Waals surface area contributed by atoms with Gasteiger partial charge in [-0.1, -0.05) is 0 Å². The molecule has 1 aromatic heterocycles. The summed E-state index contributed by atoms with van der Waals surface area (Å²) < 4.78 is 54.7. The number of hydrogen-bond acceptors (Lipinski definition) is 4. The fraction of sp³-hybridized carbons (Fsp3) is 0.158. The predicted octanol–water partition coefficient (Wildman–Crippen LogP) is 5.77. The fourth-order valence-corrected chi connectivity index (χ4v) is 2.91. The number of alkyl halides is 3. The van der Waals surface area contributed by atoms with Crippen molar-refractivity contribution in [2.24, 2.45) is 0 Å². The maximum Gasteiger partial charge on any atom is 0.421 e. The van der Waals surface area contributed by atoms with Crippen LogP contribution in [0.2, 0.25) is 0 Å². The smallest absolute Gasteiger partial charge is 0.329 e. The van der Waals surface area contributed by atoms with Crippen LogP contribution in [0.3, 0.4) is 0 Å². The van der Waals surface area contributed by atoms with Crippen LogP contribution in [0.25, 0.3) is 0 Å². The molecular weight excluding hydrogens is 487 g/mol. The zero-order chi connectivity index (χ0) is 20.5. The lowest BCUT2D eigenvalue weighted by molar-refractivity contribution is -0.137. The molecular formula is C19H15F4IN4. The first-order chi connectivity index (χ1) is 13.2. The molecule has 0 unspecified atom stereocenters. The Kier molecular flexibility index (Phi) is 5.73. The monoisotopic (exact) mass is 502 g/mol. The lowest BCUT2D eigenvalue weighted by Crippen LogP contribution is -2.21. The number of benzene rings is 2. The number of halogens is 5. The normalized spacial score (nSPS) is 11.4. The van der Waals surface area contributed by atoms with Gasteiger partial charge in [0.1, 0.15) is 11.4 Å². The summed E-state index contributed by atoms with van der Waals surface area (Å²) in [4.78, 5) is 10.9. The van der Waals surface area contributed by atoms with Crippen molar-refractivity contribution < 1.29 is 17.6 Å². The quantitative estimate of drug-likeness (QED) is 0.335. The van der Waals surface area contributed by atoms with E-state index in [1.807, 2.05) is 0 Å². The van der Waals surface area contributed by atoms with Gasteiger partial charge in [-0.2, -0.15) is 18.2 Å². The molecule has 0 saturated heterocycles. The molecule has 0 aliphatic carbocycles. The summed E-state index contributed by atoms with van der Waals surface area (Å²) in [5.41, 5.74) is 0.161. The zero-order valence-electron chi connectivity index (χ0n) is 14.9. The van der Waals surface area contributed by atoms with E-state index in [1.165, 1.54) is 41.1 Å². The second-order valence-corrected chi connectivity index (χ2v) is 7.22. The molecule has 3 rings (SSSR count). The molecule has 3 aromatic rings. The van der Waals surface area contributed by atoms with Crippen molar-refractivity contribution >= 4 is 45.7 Å². The van der Waals surface area contributed by atoms with Crippen molar-refractivity contribution in [1.29, 1.82) is 0 Å². The summed E-state index contributed by atoms with van der Waals surface area (Å²) in [5, 5.41) is 0. The number of aromatic nitrogens is 2. The maximum atomic E-state index is 13.5. The van der Waals surface area contributed by atoms with Gasteiger partial charge in [-0.25, -0.2) is 9.37 Å². The third-order valence-electron chi connectivity index (χ3n) is 4.11. The summed E-state index contributed by atoms with van der Waals surface area (Å²) in [5.74, 6) is -0.621. The van der Waals surface area contributed by atoms with Crippen LogP contribution in [-0.2, 0) is 6.18 Å². The second kappa shape index (κ2) is 7.90. The Morgan fingerprint density at radius 1 is 0.857 bits per heavy atom. The van der Waals surface area contributed by atoms with Crippen molar-refractivity contribution in [2.45, 2.75) is 6.18 Å². The molecule has 0 spiro atoms. The minimum atomic E-state index is -4.61. The van der Waals surface area contributed by atoms with Crippen molar-refractivity contribution in [3.8, 4) is 0 Å². The molecule has 9 heteroatoms. The summed E-state index contributed by atoms with van der Waals surface area (Å²) in [6.45, 7) is 0. The van der Waals surface area contributed by atoms with E-state index < -0.39 is 17.6 Å². The number of rotatable bonds is 4. The first-order valence-corrected chi connectivity index (χ1v) is 9.17. The van der Waals surface area contributed by atoms with Crippen LogP contribution < -0.4 is 9.80 Å². The van der Waals surface area contributed by atoms with Gasteiger partial charge in [0, 0.05) is 35.2 Å². The Balaban J connectivity index is 2.06. The molecule has 0 saturated carbocycles. The van der Waals surface area contributed by atoms with Gasteiger partial charge in [0.15, 0.2) is 5.82 Å². The Hall–Kier alpha value is -2.43. The van der Waals surface area contributed by atoms with E-state index in [0.717, 1.165) is 9.77 Å². The Bertz CT molecular complexity index is 959. The van der Waals surface area contributed by atoms with E-state index in [2.05, 4.69) is 32.6 Å². The van der Waals surface area contributed by atoms with Gasteiger partial charge in [0.2, 0.25) is 5.95 Å². The van der Waals surface area contributed by atoms with Crippen molar-refractivity contribution in [2.75, 3.05) is 23.9 Å². The van der Waals surface area contributed by atoms with Gasteiger partial charge >= 0.3 is 6.18 Å². The van der Waals surface area contributed by atoms with E-state index in [1.54, 1.807) is 31.3 Å². The highest BCUT2D eigenvalue weighted by Gasteiger charge is 2.37. The van der Waals surface area contributed by atoms with Gasteiger partial charge < -0.3 is 9.80 Å². The summed E-state index contributed by atoms with van der Waals surface area (Å²) in [6, 6.07) is 12.5. The molecule has 28 heavy (non-hydrogen) atoms. The fourth-order valence-electron chi connectivity index (χ4n) is 2.55. The van der Waals surface area contributed by atoms with Gasteiger partial charge in [-0.3, -0.25) is 0 Å². The van der Waals surface area contributed by atoms with Crippen LogP contribution in [0.15, 0.2) is 54.7 Å². The standard InChI is InChI=1S/C19H15F4IN4/c1-27(14-9-5-13(24)6-10-14)17-16(19(21,22)23)11-25-18(26-17)28(2)15-7-3-12(20)4-8-15/h3-11H,1-2H3. The van der Waals surface area contributed by atoms with E-state index >= 15 is 0 Å². The summed E-state index contributed by atoms with van der Waals surface area (Å²) in [7, 11) is 3.12. The molecule has 0 N–H and O–H groups in total. The third kappa shape index (κ3) is 4.34. The Morgan fingerprint density at radius 3 is 1.96 bits per heavy atom. The lowest BCUT2D eigenvalue weighted by atomic mass is 10.2. The van der Waals surface area contributed by atoms with Gasteiger partial charge in [-0.15, -0.1) is 0 Å². The lowest BCUT2D eigenvalue weighted by Gasteiger charge is -2.25. The largest absolute Gasteiger partial charge is 0.421 e. The highest BCUT2D eigenvalue weighted by atomic mass is 127. The van der Waals surface area contributed by atoms with Crippen LogP contribution in [0.4, 0.5) is 40.7 Å². The van der Waals surface area contributed by atoms with Crippen molar-refractivity contribution in [3.05, 3.63) is 69.7 Å². The molecule has 2 aromatic carbocycles. The average molecular weight is 502 g/mol. The summed E-state index contributed by atoms with van der Waals surface area (Å²) >= 11 is 2.12. The summed E-state index contributed by atoms with van der Waals surface area (Å²) in [6.07, 6.45) is -3.85. The molecule has 0 fully saturated rings. The molecule has 0 bridgehead atoms. The third-order valence-corrected chi connectivity index (χ3v) is 4.83. The Labute approximate surface area is 173 Å². The van der Waals surface area contributed by atoms with Gasteiger partial charge in [-0.05, 0) is 71.1 Å². The van der Waals surface area contributed by atoms with Crippen molar-refractivity contribution in [1.82, 2.24) is 9.97 Å². The van der Waals surface area contributed by atoms with E-state index in [9.17, 15) is 17.6 Å². The minimum Gasteiger partial charge on any atom is -0.329 e. The van der Waals surface area contributed by atoms with Crippen LogP contribution in [-0.4, -0.2) is 24.1 Å². The molecule has 146 valence electrons. The van der Waals surface area contributed by atoms with E-state index in [0.29, 0.717) is 11.4 Å². The number of hydrogen-bond donors (Lipinski definition) is 0. The maximum absolute atomic E-state index is 13.5. The molecule has 4 nitrogen and oxygen atoms in total. The first kappa shape index (κ1) is 20.3. The van der Waals surface area contributed by atoms with Crippen LogP contribution in [0, 0.1) is 9.39 Å². The molecule has 0 amide bonds. The predicted molar refractivity (Wildman–Crippen MR) is 109 cm³/mol. The van der Waals surface area contributed by atoms with Crippen LogP contribution in [0.5, 0.6) is 0 Å². The minimum absolute atomic E-state index is 0.0620. The molecule has 0 radical (unpaired) electrons. The zero-order valence-corrected chi connectivity index (χ0v) is 17.0. The SMILES string of the molecule is CN(c1ccc(F)cc1)c1ncc(C(F)(F)F)c(N(C)c2ccc(I)cc2)n1. The number of nitrogens with zero attached hydrogens (tertiary/aromatic N) is 4. The first-order valence-electron chi connectivity index (χ1n) is 8.09. The van der Waals surface area contributed by atoms with Gasteiger partial charge in [0.25, 0.3) is 0 Å². The van der Waals surface area contributed by atoms with Crippen LogP contribution in [0.1, 0.15) is 5.56 Å².